The largest absolute Gasteiger partial charge is 0.382 e. The molecule has 1 amide bonds. The second-order valence-corrected chi connectivity index (χ2v) is 4.92. The monoisotopic (exact) mass is 270 g/mol. The van der Waals surface area contributed by atoms with E-state index in [2.05, 4.69) is 15.0 Å². The molecule has 0 aromatic carbocycles. The lowest BCUT2D eigenvalue weighted by atomic mass is 10.3. The number of carbonyl (C=O) groups excluding carboxylic acids is 1. The number of nitrogens with two attached hydrogens (primary N) is 1. The number of ether oxygens (including phenoxy) is 1. The van der Waals surface area contributed by atoms with Crippen LogP contribution < -0.4 is 16.4 Å². The molecule has 0 radical (unpaired) electrons. The molecule has 1 aliphatic carbocycles. The van der Waals surface area contributed by atoms with Gasteiger partial charge in [-0.15, -0.1) is 0 Å². The number of carbonyl (C=O) groups is 1. The van der Waals surface area contributed by atoms with Crippen molar-refractivity contribution >= 4 is 28.3 Å². The highest BCUT2D eigenvalue weighted by atomic mass is 32.1. The molecule has 1 aromatic rings. The first kappa shape index (κ1) is 13.1. The van der Waals surface area contributed by atoms with Crippen molar-refractivity contribution < 1.29 is 9.53 Å². The fourth-order valence-electron chi connectivity index (χ4n) is 1.51. The van der Waals surface area contributed by atoms with Crippen LogP contribution in [-0.2, 0) is 4.74 Å². The highest BCUT2D eigenvalue weighted by molar-refractivity contribution is 7.11. The lowest BCUT2D eigenvalue weighted by Crippen LogP contribution is -2.26. The smallest absolute Gasteiger partial charge is 0.258 e. The van der Waals surface area contributed by atoms with E-state index in [4.69, 9.17) is 10.5 Å². The van der Waals surface area contributed by atoms with Gasteiger partial charge < -0.3 is 21.1 Å². The van der Waals surface area contributed by atoms with Crippen molar-refractivity contribution in [1.82, 2.24) is 9.69 Å². The van der Waals surface area contributed by atoms with Crippen LogP contribution in [0.3, 0.4) is 0 Å². The summed E-state index contributed by atoms with van der Waals surface area (Å²) in [5.74, 6) is 0.153. The SMILES string of the molecule is CCOCCNc1snc(N)c1C(=O)NC1CC1. The molecule has 0 atom stereocenters. The molecule has 4 N–H and O–H groups in total. The standard InChI is InChI=1S/C11H18N4O2S/c1-2-17-6-5-13-11-8(9(12)15-18-11)10(16)14-7-3-4-7/h7,13H,2-6H2,1H3,(H2,12,15)(H,14,16). The Hall–Kier alpha value is -1.34. The first-order chi connectivity index (χ1) is 8.72. The molecule has 0 unspecified atom stereocenters. The van der Waals surface area contributed by atoms with Crippen LogP contribution in [0, 0.1) is 0 Å². The van der Waals surface area contributed by atoms with E-state index in [0.717, 1.165) is 12.8 Å². The summed E-state index contributed by atoms with van der Waals surface area (Å²) in [5, 5.41) is 6.76. The van der Waals surface area contributed by atoms with Gasteiger partial charge in [-0.1, -0.05) is 0 Å². The Morgan fingerprint density at radius 2 is 2.39 bits per heavy atom. The summed E-state index contributed by atoms with van der Waals surface area (Å²) >= 11 is 1.21. The van der Waals surface area contributed by atoms with Crippen molar-refractivity contribution in [2.75, 3.05) is 30.8 Å². The fraction of sp³-hybridized carbons (Fsp3) is 0.636. The van der Waals surface area contributed by atoms with Crippen molar-refractivity contribution in [3.8, 4) is 0 Å². The maximum absolute atomic E-state index is 12.0. The number of nitrogens with one attached hydrogen (secondary N) is 2. The van der Waals surface area contributed by atoms with Gasteiger partial charge in [0.25, 0.3) is 5.91 Å². The Morgan fingerprint density at radius 3 is 3.06 bits per heavy atom. The predicted octanol–water partition coefficient (Wildman–Crippen LogP) is 1.07. The summed E-state index contributed by atoms with van der Waals surface area (Å²) in [4.78, 5) is 12.0. The Morgan fingerprint density at radius 1 is 1.61 bits per heavy atom. The van der Waals surface area contributed by atoms with E-state index in [1.165, 1.54) is 11.5 Å². The summed E-state index contributed by atoms with van der Waals surface area (Å²) in [7, 11) is 0. The second-order valence-electron chi connectivity index (χ2n) is 4.14. The number of nitrogen functional groups attached to an aromatic ring is 1. The first-order valence-corrected chi connectivity index (χ1v) is 6.87. The van der Waals surface area contributed by atoms with Crippen LogP contribution in [-0.4, -0.2) is 36.1 Å². The molecule has 6 nitrogen and oxygen atoms in total. The Bertz CT molecular complexity index is 417. The summed E-state index contributed by atoms with van der Waals surface area (Å²) in [5.41, 5.74) is 6.20. The zero-order valence-corrected chi connectivity index (χ0v) is 11.2. The molecule has 0 bridgehead atoms. The second kappa shape index (κ2) is 6.01. The van der Waals surface area contributed by atoms with E-state index in [1.807, 2.05) is 6.92 Å². The third kappa shape index (κ3) is 3.33. The van der Waals surface area contributed by atoms with Crippen molar-refractivity contribution in [3.63, 3.8) is 0 Å². The van der Waals surface area contributed by atoms with Crippen molar-refractivity contribution in [1.29, 1.82) is 0 Å². The number of nitrogens with zero attached hydrogens (tertiary/aromatic N) is 1. The highest BCUT2D eigenvalue weighted by Gasteiger charge is 2.27. The van der Waals surface area contributed by atoms with Gasteiger partial charge in [0.05, 0.1) is 6.61 Å². The number of anilines is 2. The van der Waals surface area contributed by atoms with Gasteiger partial charge in [0, 0.05) is 19.2 Å². The van der Waals surface area contributed by atoms with Gasteiger partial charge in [-0.25, -0.2) is 0 Å². The topological polar surface area (TPSA) is 89.3 Å². The predicted molar refractivity (Wildman–Crippen MR) is 72.0 cm³/mol. The first-order valence-electron chi connectivity index (χ1n) is 6.10. The summed E-state index contributed by atoms with van der Waals surface area (Å²) in [6, 6.07) is 0.313. The molecule has 0 aliphatic heterocycles. The maximum atomic E-state index is 12.0. The normalized spacial score (nSPS) is 14.5. The van der Waals surface area contributed by atoms with Crippen molar-refractivity contribution in [2.45, 2.75) is 25.8 Å². The summed E-state index contributed by atoms with van der Waals surface area (Å²) in [6.45, 7) is 3.86. The van der Waals surface area contributed by atoms with Crippen LogP contribution in [0.25, 0.3) is 0 Å². The number of amides is 1. The molecule has 18 heavy (non-hydrogen) atoms. The molecule has 1 saturated carbocycles. The van der Waals surface area contributed by atoms with Gasteiger partial charge >= 0.3 is 0 Å². The van der Waals surface area contributed by atoms with E-state index in [0.29, 0.717) is 36.4 Å². The van der Waals surface area contributed by atoms with E-state index < -0.39 is 0 Å². The van der Waals surface area contributed by atoms with Crippen LogP contribution in [0.5, 0.6) is 0 Å². The number of rotatable bonds is 7. The summed E-state index contributed by atoms with van der Waals surface area (Å²) < 4.78 is 9.25. The molecule has 2 rings (SSSR count). The fourth-order valence-corrected chi connectivity index (χ4v) is 2.24. The molecule has 1 aliphatic rings. The van der Waals surface area contributed by atoms with Gasteiger partial charge in [-0.3, -0.25) is 4.79 Å². The third-order valence-electron chi connectivity index (χ3n) is 2.59. The average molecular weight is 270 g/mol. The molecule has 1 heterocycles. The number of hydrogen-bond donors (Lipinski definition) is 3. The molecule has 100 valence electrons. The Balaban J connectivity index is 1.94. The minimum Gasteiger partial charge on any atom is -0.382 e. The van der Waals surface area contributed by atoms with Gasteiger partial charge in [0.15, 0.2) is 5.82 Å². The van der Waals surface area contributed by atoms with Crippen molar-refractivity contribution in [3.05, 3.63) is 5.56 Å². The van der Waals surface area contributed by atoms with E-state index in [1.54, 1.807) is 0 Å². The van der Waals surface area contributed by atoms with Crippen LogP contribution >= 0.6 is 11.5 Å². The van der Waals surface area contributed by atoms with E-state index in [-0.39, 0.29) is 11.7 Å². The zero-order valence-electron chi connectivity index (χ0n) is 10.4. The lowest BCUT2D eigenvalue weighted by Gasteiger charge is -2.07. The molecule has 1 aromatic heterocycles. The van der Waals surface area contributed by atoms with Crippen LogP contribution in [0.2, 0.25) is 0 Å². The van der Waals surface area contributed by atoms with E-state index >= 15 is 0 Å². The molecular formula is C11H18N4O2S. The van der Waals surface area contributed by atoms with Crippen LogP contribution in [0.1, 0.15) is 30.1 Å². The van der Waals surface area contributed by atoms with E-state index in [9.17, 15) is 4.79 Å². The molecule has 0 saturated heterocycles. The summed E-state index contributed by atoms with van der Waals surface area (Å²) in [6.07, 6.45) is 2.10. The van der Waals surface area contributed by atoms with Crippen LogP contribution in [0.15, 0.2) is 0 Å². The molecule has 7 heteroatoms. The molecule has 1 fully saturated rings. The third-order valence-corrected chi connectivity index (χ3v) is 3.41. The highest BCUT2D eigenvalue weighted by Crippen LogP contribution is 2.28. The quantitative estimate of drug-likeness (QED) is 0.645. The minimum absolute atomic E-state index is 0.136. The van der Waals surface area contributed by atoms with Gasteiger partial charge in [0.2, 0.25) is 0 Å². The molecular weight excluding hydrogens is 252 g/mol. The lowest BCUT2D eigenvalue weighted by molar-refractivity contribution is 0.0953. The minimum atomic E-state index is -0.136. The Kier molecular flexibility index (Phi) is 4.38. The number of hydrogen-bond acceptors (Lipinski definition) is 6. The Labute approximate surface area is 110 Å². The van der Waals surface area contributed by atoms with Gasteiger partial charge in [-0.2, -0.15) is 4.37 Å². The van der Waals surface area contributed by atoms with Gasteiger partial charge in [-0.05, 0) is 31.3 Å². The van der Waals surface area contributed by atoms with Gasteiger partial charge in [0.1, 0.15) is 10.6 Å². The molecule has 0 spiro atoms. The zero-order chi connectivity index (χ0) is 13.0. The van der Waals surface area contributed by atoms with Crippen molar-refractivity contribution in [2.24, 2.45) is 0 Å². The number of aromatic nitrogens is 1. The maximum Gasteiger partial charge on any atom is 0.258 e. The van der Waals surface area contributed by atoms with Crippen LogP contribution in [0.4, 0.5) is 10.8 Å². The average Bonchev–Trinajstić information content (AvgIpc) is 3.07.